The summed E-state index contributed by atoms with van der Waals surface area (Å²) >= 11 is 0. The van der Waals surface area contributed by atoms with Gasteiger partial charge in [-0.2, -0.15) is 0 Å². The second kappa shape index (κ2) is 5.93. The number of aliphatic hydroxyl groups is 1. The first-order chi connectivity index (χ1) is 9.11. The molecule has 4 N–H and O–H groups in total. The minimum Gasteiger partial charge on any atom is -0.497 e. The van der Waals surface area contributed by atoms with Gasteiger partial charge in [-0.25, -0.2) is 0 Å². The molecule has 1 aromatic rings. The Bertz CT molecular complexity index is 462. The molecule has 0 radical (unpaired) electrons. The number of carbonyl (C=O) groups is 1. The van der Waals surface area contributed by atoms with E-state index in [0.29, 0.717) is 17.0 Å². The van der Waals surface area contributed by atoms with E-state index in [1.54, 1.807) is 25.3 Å². The van der Waals surface area contributed by atoms with Crippen LogP contribution in [-0.4, -0.2) is 30.3 Å². The van der Waals surface area contributed by atoms with Crippen molar-refractivity contribution in [2.45, 2.75) is 37.8 Å². The highest BCUT2D eigenvalue weighted by atomic mass is 16.5. The van der Waals surface area contributed by atoms with E-state index in [-0.39, 0.29) is 11.9 Å². The molecule has 2 atom stereocenters. The average Bonchev–Trinajstić information content (AvgIpc) is 2.41. The van der Waals surface area contributed by atoms with Crippen molar-refractivity contribution in [1.29, 1.82) is 0 Å². The first-order valence-electron chi connectivity index (χ1n) is 6.54. The van der Waals surface area contributed by atoms with E-state index >= 15 is 0 Å². The fourth-order valence-electron chi connectivity index (χ4n) is 2.40. The summed E-state index contributed by atoms with van der Waals surface area (Å²) in [5, 5.41) is 12.7. The molecule has 1 fully saturated rings. The van der Waals surface area contributed by atoms with Crippen molar-refractivity contribution in [3.05, 3.63) is 23.8 Å². The molecule has 0 saturated heterocycles. The molecule has 1 aromatic carbocycles. The monoisotopic (exact) mass is 264 g/mol. The third-order valence-electron chi connectivity index (χ3n) is 3.55. The summed E-state index contributed by atoms with van der Waals surface area (Å²) in [4.78, 5) is 12.1. The fourth-order valence-corrected chi connectivity index (χ4v) is 2.40. The number of nitrogens with one attached hydrogen (secondary N) is 1. The normalized spacial score (nSPS) is 22.8. The van der Waals surface area contributed by atoms with Crippen LogP contribution in [0.1, 0.15) is 36.0 Å². The zero-order valence-corrected chi connectivity index (χ0v) is 11.1. The van der Waals surface area contributed by atoms with Crippen molar-refractivity contribution in [1.82, 2.24) is 5.32 Å². The zero-order valence-electron chi connectivity index (χ0n) is 11.1. The summed E-state index contributed by atoms with van der Waals surface area (Å²) in [5.74, 6) is 0.373. The highest BCUT2D eigenvalue weighted by Gasteiger charge is 2.25. The molecule has 5 heteroatoms. The van der Waals surface area contributed by atoms with Gasteiger partial charge in [-0.3, -0.25) is 4.79 Å². The Morgan fingerprint density at radius 2 is 2.16 bits per heavy atom. The number of hydrogen-bond acceptors (Lipinski definition) is 4. The van der Waals surface area contributed by atoms with Gasteiger partial charge in [-0.05, 0) is 25.0 Å². The van der Waals surface area contributed by atoms with E-state index in [0.717, 1.165) is 25.7 Å². The van der Waals surface area contributed by atoms with E-state index in [9.17, 15) is 9.90 Å². The molecule has 0 unspecified atom stereocenters. The third-order valence-corrected chi connectivity index (χ3v) is 3.55. The SMILES string of the molecule is COc1ccc(C(=O)N[C@@H]2CCCC[C@H]2O)c(N)c1. The second-order valence-corrected chi connectivity index (χ2v) is 4.88. The standard InChI is InChI=1S/C14H20N2O3/c1-19-9-6-7-10(11(15)8-9)14(18)16-12-4-2-3-5-13(12)17/h6-8,12-13,17H,2-5,15H2,1H3,(H,16,18)/t12-,13-/m1/s1. The highest BCUT2D eigenvalue weighted by Crippen LogP contribution is 2.22. The van der Waals surface area contributed by atoms with Crippen LogP contribution in [0.15, 0.2) is 18.2 Å². The number of amides is 1. The molecule has 104 valence electrons. The van der Waals surface area contributed by atoms with Gasteiger partial charge >= 0.3 is 0 Å². The van der Waals surface area contributed by atoms with Gasteiger partial charge in [0.15, 0.2) is 0 Å². The van der Waals surface area contributed by atoms with Crippen molar-refractivity contribution < 1.29 is 14.6 Å². The number of hydrogen-bond donors (Lipinski definition) is 3. The molecule has 1 saturated carbocycles. The van der Waals surface area contributed by atoms with Crippen molar-refractivity contribution >= 4 is 11.6 Å². The van der Waals surface area contributed by atoms with Gasteiger partial charge in [0.25, 0.3) is 5.91 Å². The Morgan fingerprint density at radius 3 is 2.79 bits per heavy atom. The Morgan fingerprint density at radius 1 is 1.42 bits per heavy atom. The maximum Gasteiger partial charge on any atom is 0.253 e. The van der Waals surface area contributed by atoms with E-state index < -0.39 is 6.10 Å². The Kier molecular flexibility index (Phi) is 4.27. The summed E-state index contributed by atoms with van der Waals surface area (Å²) in [5.41, 5.74) is 6.63. The summed E-state index contributed by atoms with van der Waals surface area (Å²) in [7, 11) is 1.55. The van der Waals surface area contributed by atoms with E-state index in [1.807, 2.05) is 0 Å². The van der Waals surface area contributed by atoms with E-state index in [2.05, 4.69) is 5.32 Å². The molecule has 0 heterocycles. The van der Waals surface area contributed by atoms with Crippen molar-refractivity contribution in [3.8, 4) is 5.75 Å². The maximum atomic E-state index is 12.1. The molecule has 0 spiro atoms. The van der Waals surface area contributed by atoms with Gasteiger partial charge in [0.2, 0.25) is 0 Å². The molecule has 19 heavy (non-hydrogen) atoms. The Hall–Kier alpha value is -1.75. The minimum atomic E-state index is -0.461. The number of aliphatic hydroxyl groups excluding tert-OH is 1. The van der Waals surface area contributed by atoms with E-state index in [4.69, 9.17) is 10.5 Å². The van der Waals surface area contributed by atoms with Crippen LogP contribution in [0.25, 0.3) is 0 Å². The molecule has 1 aliphatic rings. The number of methoxy groups -OCH3 is 1. The van der Waals surface area contributed by atoms with Crippen LogP contribution in [-0.2, 0) is 0 Å². The van der Waals surface area contributed by atoms with Crippen LogP contribution in [0.3, 0.4) is 0 Å². The zero-order chi connectivity index (χ0) is 13.8. The van der Waals surface area contributed by atoms with Gasteiger partial charge in [0.1, 0.15) is 5.75 Å². The van der Waals surface area contributed by atoms with Gasteiger partial charge in [0, 0.05) is 11.8 Å². The number of benzene rings is 1. The van der Waals surface area contributed by atoms with E-state index in [1.165, 1.54) is 0 Å². The van der Waals surface area contributed by atoms with Crippen molar-refractivity contribution in [2.24, 2.45) is 0 Å². The quantitative estimate of drug-likeness (QED) is 0.719. The van der Waals surface area contributed by atoms with Crippen LogP contribution in [0.4, 0.5) is 5.69 Å². The van der Waals surface area contributed by atoms with Crippen molar-refractivity contribution in [3.63, 3.8) is 0 Å². The lowest BCUT2D eigenvalue weighted by molar-refractivity contribution is 0.0718. The molecule has 1 amide bonds. The summed E-state index contributed by atoms with van der Waals surface area (Å²) in [6.45, 7) is 0. The minimum absolute atomic E-state index is 0.178. The molecule has 0 aromatic heterocycles. The Balaban J connectivity index is 2.07. The van der Waals surface area contributed by atoms with Gasteiger partial charge in [-0.15, -0.1) is 0 Å². The molecular formula is C14H20N2O3. The number of carbonyl (C=O) groups excluding carboxylic acids is 1. The van der Waals surface area contributed by atoms with Crippen LogP contribution in [0, 0.1) is 0 Å². The predicted molar refractivity (Wildman–Crippen MR) is 73.1 cm³/mol. The largest absolute Gasteiger partial charge is 0.497 e. The first-order valence-corrected chi connectivity index (χ1v) is 6.54. The van der Waals surface area contributed by atoms with Crippen LogP contribution in [0.2, 0.25) is 0 Å². The summed E-state index contributed by atoms with van der Waals surface area (Å²) in [6.07, 6.45) is 3.13. The third kappa shape index (κ3) is 3.17. The lowest BCUT2D eigenvalue weighted by atomic mass is 9.92. The topological polar surface area (TPSA) is 84.6 Å². The van der Waals surface area contributed by atoms with Gasteiger partial charge in [0.05, 0.1) is 24.8 Å². The molecular weight excluding hydrogens is 244 g/mol. The van der Waals surface area contributed by atoms with Crippen molar-refractivity contribution in [2.75, 3.05) is 12.8 Å². The highest BCUT2D eigenvalue weighted by molar-refractivity contribution is 5.99. The average molecular weight is 264 g/mol. The van der Waals surface area contributed by atoms with Crippen LogP contribution in [0.5, 0.6) is 5.75 Å². The van der Waals surface area contributed by atoms with Crippen LogP contribution >= 0.6 is 0 Å². The number of ether oxygens (including phenoxy) is 1. The molecule has 1 aliphatic carbocycles. The lowest BCUT2D eigenvalue weighted by Crippen LogP contribution is -2.45. The molecule has 0 bridgehead atoms. The first kappa shape index (κ1) is 13.7. The fraction of sp³-hybridized carbons (Fsp3) is 0.500. The maximum absolute atomic E-state index is 12.1. The predicted octanol–water partition coefficient (Wildman–Crippen LogP) is 1.31. The second-order valence-electron chi connectivity index (χ2n) is 4.88. The lowest BCUT2D eigenvalue weighted by Gasteiger charge is -2.28. The number of rotatable bonds is 3. The Labute approximate surface area is 112 Å². The number of nitrogens with two attached hydrogens (primary N) is 1. The van der Waals surface area contributed by atoms with Crippen LogP contribution < -0.4 is 15.8 Å². The number of anilines is 1. The van der Waals surface area contributed by atoms with Gasteiger partial charge in [-0.1, -0.05) is 12.8 Å². The summed E-state index contributed by atoms with van der Waals surface area (Å²) < 4.78 is 5.05. The molecule has 2 rings (SSSR count). The molecule has 0 aliphatic heterocycles. The summed E-state index contributed by atoms with van der Waals surface area (Å²) in [6, 6.07) is 4.77. The molecule has 5 nitrogen and oxygen atoms in total. The van der Waals surface area contributed by atoms with Gasteiger partial charge < -0.3 is 20.9 Å². The number of nitrogen functional groups attached to an aromatic ring is 1. The smallest absolute Gasteiger partial charge is 0.253 e.